The van der Waals surface area contributed by atoms with Crippen LogP contribution in [0, 0.1) is 0 Å². The Morgan fingerprint density at radius 3 is 2.69 bits per heavy atom. The Kier molecular flexibility index (Phi) is 3.45. The van der Waals surface area contributed by atoms with Crippen molar-refractivity contribution in [2.75, 3.05) is 7.11 Å². The van der Waals surface area contributed by atoms with Crippen molar-refractivity contribution in [2.45, 2.75) is 44.6 Å². The van der Waals surface area contributed by atoms with E-state index < -0.39 is 0 Å². The average Bonchev–Trinajstić information content (AvgIpc) is 2.71. The Balaban J connectivity index is 2.02. The van der Waals surface area contributed by atoms with Gasteiger partial charge in [-0.1, -0.05) is 6.92 Å². The molecule has 0 unspecified atom stereocenters. The summed E-state index contributed by atoms with van der Waals surface area (Å²) in [4.78, 5) is 14.2. The van der Waals surface area contributed by atoms with Crippen LogP contribution in [0.5, 0.6) is 0 Å². The summed E-state index contributed by atoms with van der Waals surface area (Å²) in [5.41, 5.74) is -0.145. The minimum atomic E-state index is -0.145. The fraction of sp³-hybridized carbons (Fsp3) is 0.615. The molecule has 16 heavy (non-hydrogen) atoms. The normalized spacial score (nSPS) is 18.1. The van der Waals surface area contributed by atoms with Gasteiger partial charge in [-0.2, -0.15) is 0 Å². The Hall–Kier alpha value is -0.670. The van der Waals surface area contributed by atoms with Gasteiger partial charge in [-0.3, -0.25) is 4.79 Å². The molecule has 1 heterocycles. The van der Waals surface area contributed by atoms with Gasteiger partial charge < -0.3 is 4.74 Å². The van der Waals surface area contributed by atoms with Crippen molar-refractivity contribution in [1.82, 2.24) is 0 Å². The summed E-state index contributed by atoms with van der Waals surface area (Å²) >= 11 is 1.62. The number of aryl methyl sites for hydroxylation is 1. The molecule has 0 saturated heterocycles. The van der Waals surface area contributed by atoms with Crippen molar-refractivity contribution in [3.63, 3.8) is 0 Å². The van der Waals surface area contributed by atoms with Crippen molar-refractivity contribution in [2.24, 2.45) is 0 Å². The lowest BCUT2D eigenvalue weighted by molar-refractivity contribution is -0.0704. The number of carbonyl (C=O) groups excluding carboxylic acids is 1. The molecule has 0 N–H and O–H groups in total. The maximum atomic E-state index is 12.1. The zero-order valence-electron chi connectivity index (χ0n) is 9.91. The largest absolute Gasteiger partial charge is 0.378 e. The first kappa shape index (κ1) is 11.8. The highest BCUT2D eigenvalue weighted by Gasteiger charge is 2.39. The van der Waals surface area contributed by atoms with E-state index in [0.717, 1.165) is 24.1 Å². The summed E-state index contributed by atoms with van der Waals surface area (Å²) in [5, 5.41) is 0. The number of hydrogen-bond acceptors (Lipinski definition) is 3. The molecule has 0 radical (unpaired) electrons. The molecule has 88 valence electrons. The Bertz CT molecular complexity index is 372. The lowest BCUT2D eigenvalue weighted by Crippen LogP contribution is -2.41. The second-order valence-electron chi connectivity index (χ2n) is 4.46. The lowest BCUT2D eigenvalue weighted by atomic mass is 9.76. The fourth-order valence-electron chi connectivity index (χ4n) is 2.12. The number of ketones is 1. The maximum Gasteiger partial charge on any atom is 0.175 e. The van der Waals surface area contributed by atoms with Gasteiger partial charge in [0.1, 0.15) is 0 Å². The monoisotopic (exact) mass is 238 g/mol. The summed E-state index contributed by atoms with van der Waals surface area (Å²) in [6.45, 7) is 2.11. The predicted octanol–water partition coefficient (Wildman–Crippen LogP) is 3.45. The van der Waals surface area contributed by atoms with E-state index in [1.54, 1.807) is 18.4 Å². The molecule has 0 aliphatic heterocycles. The first-order chi connectivity index (χ1) is 7.69. The Morgan fingerprint density at radius 2 is 2.25 bits per heavy atom. The van der Waals surface area contributed by atoms with E-state index in [1.165, 1.54) is 11.3 Å². The molecule has 0 spiro atoms. The third-order valence-corrected chi connectivity index (χ3v) is 4.74. The van der Waals surface area contributed by atoms with Gasteiger partial charge in [0.25, 0.3) is 0 Å². The van der Waals surface area contributed by atoms with Crippen LogP contribution in [0.1, 0.15) is 47.2 Å². The number of ether oxygens (including phenoxy) is 1. The molecule has 0 bridgehead atoms. The van der Waals surface area contributed by atoms with Gasteiger partial charge in [0, 0.05) is 18.4 Å². The molecule has 1 aromatic rings. The molecular formula is C13H18O2S. The number of hydrogen-bond donors (Lipinski definition) is 0. The second kappa shape index (κ2) is 4.68. The third kappa shape index (κ3) is 2.20. The Morgan fingerprint density at radius 1 is 1.50 bits per heavy atom. The van der Waals surface area contributed by atoms with Gasteiger partial charge in [-0.15, -0.1) is 11.3 Å². The van der Waals surface area contributed by atoms with E-state index in [0.29, 0.717) is 6.42 Å². The van der Waals surface area contributed by atoms with Crippen molar-refractivity contribution < 1.29 is 9.53 Å². The molecule has 1 saturated carbocycles. The van der Waals surface area contributed by atoms with Crippen LogP contribution in [0.3, 0.4) is 0 Å². The van der Waals surface area contributed by atoms with Gasteiger partial charge in [0.05, 0.1) is 10.5 Å². The SMILES string of the molecule is CCc1ccc(C(=O)CC2(OC)CCC2)s1. The third-order valence-electron chi connectivity index (χ3n) is 3.47. The molecule has 0 atom stereocenters. The highest BCUT2D eigenvalue weighted by molar-refractivity contribution is 7.14. The molecule has 2 nitrogen and oxygen atoms in total. The maximum absolute atomic E-state index is 12.1. The van der Waals surface area contributed by atoms with Gasteiger partial charge >= 0.3 is 0 Å². The topological polar surface area (TPSA) is 26.3 Å². The molecule has 3 heteroatoms. The van der Waals surface area contributed by atoms with Crippen LogP contribution in [-0.4, -0.2) is 18.5 Å². The molecule has 2 rings (SSSR count). The van der Waals surface area contributed by atoms with Crippen molar-refractivity contribution in [1.29, 1.82) is 0 Å². The fourth-order valence-corrected chi connectivity index (χ4v) is 3.01. The van der Waals surface area contributed by atoms with Gasteiger partial charge in [-0.05, 0) is 37.8 Å². The van der Waals surface area contributed by atoms with Crippen LogP contribution < -0.4 is 0 Å². The molecule has 1 fully saturated rings. The first-order valence-corrected chi connectivity index (χ1v) is 6.68. The van der Waals surface area contributed by atoms with Gasteiger partial charge in [0.15, 0.2) is 5.78 Å². The van der Waals surface area contributed by atoms with E-state index in [4.69, 9.17) is 4.74 Å². The average molecular weight is 238 g/mol. The summed E-state index contributed by atoms with van der Waals surface area (Å²) in [7, 11) is 1.72. The van der Waals surface area contributed by atoms with Crippen LogP contribution in [0.2, 0.25) is 0 Å². The minimum absolute atomic E-state index is 0.145. The molecule has 0 amide bonds. The van der Waals surface area contributed by atoms with Crippen LogP contribution in [0.4, 0.5) is 0 Å². The van der Waals surface area contributed by atoms with Crippen LogP contribution in [0.25, 0.3) is 0 Å². The zero-order chi connectivity index (χ0) is 11.6. The quantitative estimate of drug-likeness (QED) is 0.734. The predicted molar refractivity (Wildman–Crippen MR) is 66.2 cm³/mol. The summed E-state index contributed by atoms with van der Waals surface area (Å²) < 4.78 is 5.48. The molecule has 1 aliphatic carbocycles. The zero-order valence-corrected chi connectivity index (χ0v) is 10.7. The second-order valence-corrected chi connectivity index (χ2v) is 5.63. The smallest absolute Gasteiger partial charge is 0.175 e. The molecule has 0 aromatic carbocycles. The molecule has 1 aromatic heterocycles. The minimum Gasteiger partial charge on any atom is -0.378 e. The number of methoxy groups -OCH3 is 1. The summed E-state index contributed by atoms with van der Waals surface area (Å²) in [6, 6.07) is 4.01. The van der Waals surface area contributed by atoms with Gasteiger partial charge in [-0.25, -0.2) is 0 Å². The van der Waals surface area contributed by atoms with E-state index >= 15 is 0 Å². The standard InChI is InChI=1S/C13H18O2S/c1-3-10-5-6-12(16-10)11(14)9-13(15-2)7-4-8-13/h5-6H,3-4,7-9H2,1-2H3. The van der Waals surface area contributed by atoms with Crippen molar-refractivity contribution in [3.8, 4) is 0 Å². The highest BCUT2D eigenvalue weighted by Crippen LogP contribution is 2.39. The number of rotatable bonds is 5. The molecule has 1 aliphatic rings. The number of carbonyl (C=O) groups is 1. The summed E-state index contributed by atoms with van der Waals surface area (Å²) in [6.07, 6.45) is 4.80. The first-order valence-electron chi connectivity index (χ1n) is 5.86. The van der Waals surface area contributed by atoms with Gasteiger partial charge in [0.2, 0.25) is 0 Å². The van der Waals surface area contributed by atoms with Crippen LogP contribution >= 0.6 is 11.3 Å². The van der Waals surface area contributed by atoms with Crippen molar-refractivity contribution in [3.05, 3.63) is 21.9 Å². The molecular weight excluding hydrogens is 220 g/mol. The van der Waals surface area contributed by atoms with Crippen LogP contribution in [-0.2, 0) is 11.2 Å². The van der Waals surface area contributed by atoms with Crippen molar-refractivity contribution >= 4 is 17.1 Å². The lowest BCUT2D eigenvalue weighted by Gasteiger charge is -2.39. The highest BCUT2D eigenvalue weighted by atomic mass is 32.1. The number of thiophene rings is 1. The van der Waals surface area contributed by atoms with E-state index in [9.17, 15) is 4.79 Å². The van der Waals surface area contributed by atoms with E-state index in [-0.39, 0.29) is 11.4 Å². The summed E-state index contributed by atoms with van der Waals surface area (Å²) in [5.74, 6) is 0.242. The van der Waals surface area contributed by atoms with E-state index in [1.807, 2.05) is 6.07 Å². The van der Waals surface area contributed by atoms with E-state index in [2.05, 4.69) is 13.0 Å². The number of Topliss-reactive ketones (excluding diaryl/α,β-unsaturated/α-hetero) is 1. The Labute approximate surface area is 101 Å². The van der Waals surface area contributed by atoms with Crippen LogP contribution in [0.15, 0.2) is 12.1 Å².